The number of aromatic amines is 1. The molecular weight excluding hydrogens is 496 g/mol. The molecular formula is C27H24N2O5S2. The van der Waals surface area contributed by atoms with E-state index in [1.165, 1.54) is 16.2 Å². The van der Waals surface area contributed by atoms with E-state index in [4.69, 9.17) is 9.47 Å². The lowest BCUT2D eigenvalue weighted by molar-refractivity contribution is -0.123. The highest BCUT2D eigenvalue weighted by Crippen LogP contribution is 2.68. The number of ether oxygens (including phenoxy) is 2. The van der Waals surface area contributed by atoms with Gasteiger partial charge < -0.3 is 14.5 Å². The van der Waals surface area contributed by atoms with Crippen molar-refractivity contribution in [3.8, 4) is 11.5 Å². The van der Waals surface area contributed by atoms with Gasteiger partial charge in [-0.2, -0.15) is 0 Å². The molecule has 1 aromatic heterocycles. The summed E-state index contributed by atoms with van der Waals surface area (Å²) in [4.78, 5) is 45.3. The number of carbonyl (C=O) groups is 2. The molecule has 2 saturated carbocycles. The van der Waals surface area contributed by atoms with Crippen LogP contribution in [0.5, 0.6) is 11.5 Å². The lowest BCUT2D eigenvalue weighted by Gasteiger charge is -2.43. The van der Waals surface area contributed by atoms with E-state index in [-0.39, 0.29) is 57.4 Å². The van der Waals surface area contributed by atoms with E-state index < -0.39 is 0 Å². The fourth-order valence-corrected chi connectivity index (χ4v) is 10.1. The van der Waals surface area contributed by atoms with Crippen LogP contribution in [0, 0.1) is 29.6 Å². The van der Waals surface area contributed by atoms with Gasteiger partial charge in [-0.1, -0.05) is 23.5 Å². The lowest BCUT2D eigenvalue weighted by atomic mass is 9.68. The number of amides is 2. The van der Waals surface area contributed by atoms with Gasteiger partial charge in [0.2, 0.25) is 11.8 Å². The Morgan fingerprint density at radius 3 is 2.11 bits per heavy atom. The quantitative estimate of drug-likeness (QED) is 0.521. The topological polar surface area (TPSA) is 88.7 Å². The van der Waals surface area contributed by atoms with Crippen LogP contribution in [-0.2, 0) is 9.59 Å². The Morgan fingerprint density at radius 2 is 1.47 bits per heavy atom. The van der Waals surface area contributed by atoms with Crippen molar-refractivity contribution < 1.29 is 19.1 Å². The molecule has 4 aliphatic rings. The Labute approximate surface area is 215 Å². The molecule has 7 nitrogen and oxygen atoms in total. The van der Waals surface area contributed by atoms with E-state index in [0.29, 0.717) is 11.4 Å². The van der Waals surface area contributed by atoms with Gasteiger partial charge in [0.15, 0.2) is 0 Å². The van der Waals surface area contributed by atoms with E-state index >= 15 is 0 Å². The molecule has 7 atom stereocenters. The Morgan fingerprint density at radius 1 is 0.861 bits per heavy atom. The van der Waals surface area contributed by atoms with Gasteiger partial charge in [-0.15, -0.1) is 11.8 Å². The van der Waals surface area contributed by atoms with Crippen LogP contribution in [0.1, 0.15) is 22.8 Å². The molecule has 2 bridgehead atoms. The minimum absolute atomic E-state index is 0.00925. The molecule has 7 unspecified atom stereocenters. The summed E-state index contributed by atoms with van der Waals surface area (Å²) in [5.74, 6) is 1.05. The van der Waals surface area contributed by atoms with Crippen molar-refractivity contribution in [2.75, 3.05) is 19.1 Å². The van der Waals surface area contributed by atoms with Gasteiger partial charge in [-0.05, 0) is 66.1 Å². The van der Waals surface area contributed by atoms with Crippen LogP contribution >= 0.6 is 23.1 Å². The number of fused-ring (bicyclic) bond motifs is 9. The van der Waals surface area contributed by atoms with Gasteiger partial charge in [0.25, 0.3) is 0 Å². The number of hydrogen-bond acceptors (Lipinski definition) is 7. The molecule has 36 heavy (non-hydrogen) atoms. The molecule has 1 N–H and O–H groups in total. The summed E-state index contributed by atoms with van der Waals surface area (Å²) >= 11 is 2.97. The average molecular weight is 521 g/mol. The summed E-state index contributed by atoms with van der Waals surface area (Å²) in [6, 6.07) is 15.2. The van der Waals surface area contributed by atoms with Gasteiger partial charge in [-0.3, -0.25) is 19.3 Å². The Hall–Kier alpha value is -3.04. The van der Waals surface area contributed by atoms with Gasteiger partial charge in [0.1, 0.15) is 11.5 Å². The fourth-order valence-electron chi connectivity index (χ4n) is 7.19. The molecule has 184 valence electrons. The highest BCUT2D eigenvalue weighted by Gasteiger charge is 2.69. The van der Waals surface area contributed by atoms with Crippen LogP contribution in [0.3, 0.4) is 0 Å². The average Bonchev–Trinajstić information content (AvgIpc) is 3.63. The third-order valence-corrected chi connectivity index (χ3v) is 11.1. The highest BCUT2D eigenvalue weighted by atomic mass is 32.2. The zero-order valence-corrected chi connectivity index (χ0v) is 21.3. The number of anilines is 1. The number of aromatic nitrogens is 1. The van der Waals surface area contributed by atoms with Gasteiger partial charge in [0.05, 0.1) is 36.8 Å². The largest absolute Gasteiger partial charge is 0.497 e. The number of thiazole rings is 1. The number of rotatable bonds is 4. The Kier molecular flexibility index (Phi) is 4.92. The summed E-state index contributed by atoms with van der Waals surface area (Å²) in [5.41, 5.74) is 1.72. The van der Waals surface area contributed by atoms with E-state index in [2.05, 4.69) is 17.1 Å². The number of imide groups is 1. The summed E-state index contributed by atoms with van der Waals surface area (Å²) < 4.78 is 10.6. The van der Waals surface area contributed by atoms with Crippen molar-refractivity contribution in [1.82, 2.24) is 4.98 Å². The maximum atomic E-state index is 13.8. The molecule has 0 spiro atoms. The van der Waals surface area contributed by atoms with Gasteiger partial charge in [0, 0.05) is 16.0 Å². The van der Waals surface area contributed by atoms with Crippen LogP contribution in [0.15, 0.2) is 58.4 Å². The van der Waals surface area contributed by atoms with Crippen LogP contribution in [0.25, 0.3) is 0 Å². The van der Waals surface area contributed by atoms with E-state index in [1.54, 1.807) is 50.2 Å². The van der Waals surface area contributed by atoms with Crippen molar-refractivity contribution in [3.05, 3.63) is 68.6 Å². The summed E-state index contributed by atoms with van der Waals surface area (Å²) in [6.45, 7) is 0. The molecule has 1 saturated heterocycles. The van der Waals surface area contributed by atoms with Crippen molar-refractivity contribution in [3.63, 3.8) is 0 Å². The van der Waals surface area contributed by atoms with Crippen LogP contribution in [0.4, 0.5) is 5.69 Å². The monoisotopic (exact) mass is 520 g/mol. The third kappa shape index (κ3) is 2.96. The number of H-pyrrole nitrogens is 1. The fraction of sp³-hybridized carbons (Fsp3) is 0.370. The normalized spacial score (nSPS) is 31.8. The van der Waals surface area contributed by atoms with Crippen molar-refractivity contribution in [2.24, 2.45) is 29.6 Å². The van der Waals surface area contributed by atoms with E-state index in [9.17, 15) is 14.4 Å². The molecule has 3 fully saturated rings. The Bertz CT molecular complexity index is 1430. The first-order valence-electron chi connectivity index (χ1n) is 12.1. The summed E-state index contributed by atoms with van der Waals surface area (Å²) in [7, 11) is 3.24. The minimum atomic E-state index is -0.315. The maximum absolute atomic E-state index is 13.8. The van der Waals surface area contributed by atoms with Crippen molar-refractivity contribution in [2.45, 2.75) is 22.6 Å². The van der Waals surface area contributed by atoms with Gasteiger partial charge in [-0.25, -0.2) is 0 Å². The van der Waals surface area contributed by atoms with Crippen LogP contribution in [-0.4, -0.2) is 36.3 Å². The second-order valence-corrected chi connectivity index (χ2v) is 12.1. The molecule has 3 aromatic rings. The molecule has 3 heterocycles. The molecule has 2 aromatic carbocycles. The minimum Gasteiger partial charge on any atom is -0.497 e. The first-order valence-corrected chi connectivity index (χ1v) is 13.7. The van der Waals surface area contributed by atoms with E-state index in [1.807, 2.05) is 12.1 Å². The molecule has 9 heteroatoms. The van der Waals surface area contributed by atoms with Crippen LogP contribution < -0.4 is 19.2 Å². The standard InChI is InChI=1S/C27H24N2O5S2/c1-33-14-7-3-12(4-8-14)18-19-16-11-17(22(19)35-24-23(18)36-27(32)28-24)21-20(16)25(30)29(26(21)31)13-5-9-15(34-2)10-6-13/h3-10,16-22H,11H2,1-2H3,(H,28,32). The smallest absolute Gasteiger partial charge is 0.305 e. The number of nitrogens with zero attached hydrogens (tertiary/aromatic N) is 1. The summed E-state index contributed by atoms with van der Waals surface area (Å²) in [5, 5.41) is 1.09. The molecule has 0 radical (unpaired) electrons. The first-order chi connectivity index (χ1) is 17.5. The predicted molar refractivity (Wildman–Crippen MR) is 137 cm³/mol. The number of nitrogens with one attached hydrogen (secondary N) is 1. The molecule has 2 aliphatic heterocycles. The molecule has 2 aliphatic carbocycles. The lowest BCUT2D eigenvalue weighted by Crippen LogP contribution is -2.42. The zero-order chi connectivity index (χ0) is 24.7. The highest BCUT2D eigenvalue weighted by molar-refractivity contribution is 8.00. The molecule has 7 rings (SSSR count). The van der Waals surface area contributed by atoms with Crippen molar-refractivity contribution in [1.29, 1.82) is 0 Å². The maximum Gasteiger partial charge on any atom is 0.305 e. The number of benzene rings is 2. The summed E-state index contributed by atoms with van der Waals surface area (Å²) in [6.07, 6.45) is 0.872. The second kappa shape index (κ2) is 7.98. The number of methoxy groups -OCH3 is 2. The van der Waals surface area contributed by atoms with Gasteiger partial charge >= 0.3 is 4.87 Å². The first kappa shape index (κ1) is 22.2. The predicted octanol–water partition coefficient (Wildman–Crippen LogP) is 4.13. The molecule has 2 amide bonds. The SMILES string of the molecule is COc1ccc(C2c3sc(=O)[nH]c3SC3C4CC(C5C(=O)N(c6ccc(OC)cc6)C(=O)C45)C23)cc1. The Balaban J connectivity index is 1.29. The third-order valence-electron chi connectivity index (χ3n) is 8.53. The van der Waals surface area contributed by atoms with Crippen LogP contribution in [0.2, 0.25) is 0 Å². The van der Waals surface area contributed by atoms with E-state index in [0.717, 1.165) is 27.6 Å². The number of thioether (sulfide) groups is 1. The number of hydrogen-bond donors (Lipinski definition) is 1. The zero-order valence-electron chi connectivity index (χ0n) is 19.7. The van der Waals surface area contributed by atoms with Crippen molar-refractivity contribution >= 4 is 40.6 Å². The number of carbonyl (C=O) groups excluding carboxylic acids is 2. The second-order valence-electron chi connectivity index (χ2n) is 9.94.